The summed E-state index contributed by atoms with van der Waals surface area (Å²) in [7, 11) is 2.81. The lowest BCUT2D eigenvalue weighted by molar-refractivity contribution is 0.376. The highest BCUT2D eigenvalue weighted by Gasteiger charge is 2.17. The van der Waals surface area contributed by atoms with Crippen molar-refractivity contribution in [2.45, 2.75) is 0 Å². The van der Waals surface area contributed by atoms with Crippen LogP contribution in [0, 0.1) is 0 Å². The van der Waals surface area contributed by atoms with Crippen LogP contribution in [0.4, 0.5) is 0 Å². The molecule has 0 fully saturated rings. The van der Waals surface area contributed by atoms with E-state index in [1.165, 1.54) is 38.5 Å². The summed E-state index contributed by atoms with van der Waals surface area (Å²) in [5.41, 5.74) is -0.277. The van der Waals surface area contributed by atoms with Crippen molar-refractivity contribution in [2.75, 3.05) is 14.2 Å². The average molecular weight is 288 g/mol. The zero-order valence-electron chi connectivity index (χ0n) is 11.3. The van der Waals surface area contributed by atoms with Crippen molar-refractivity contribution in [2.24, 2.45) is 0 Å². The van der Waals surface area contributed by atoms with Gasteiger partial charge in [-0.25, -0.2) is 0 Å². The number of fused-ring (bicyclic) bond motifs is 2. The first-order valence-corrected chi connectivity index (χ1v) is 6.10. The van der Waals surface area contributed by atoms with E-state index < -0.39 is 5.43 Å². The molecule has 0 spiro atoms. The van der Waals surface area contributed by atoms with Crippen LogP contribution < -0.4 is 14.9 Å². The normalized spacial score (nSPS) is 11.0. The number of ether oxygens (including phenoxy) is 2. The third kappa shape index (κ3) is 1.84. The molecular weight excluding hydrogens is 276 g/mol. The fourth-order valence-corrected chi connectivity index (χ4v) is 2.25. The van der Waals surface area contributed by atoms with E-state index in [4.69, 9.17) is 13.9 Å². The Kier molecular flexibility index (Phi) is 2.86. The maximum absolute atomic E-state index is 12.6. The average Bonchev–Trinajstić information content (AvgIpc) is 2.48. The molecule has 0 aliphatic rings. The fraction of sp³-hybridized carbons (Fsp3) is 0.133. The van der Waals surface area contributed by atoms with Gasteiger partial charge in [-0.05, 0) is 18.2 Å². The molecule has 3 aromatic rings. The zero-order valence-corrected chi connectivity index (χ0v) is 11.3. The lowest BCUT2D eigenvalue weighted by Crippen LogP contribution is -2.03. The van der Waals surface area contributed by atoms with E-state index in [1.807, 2.05) is 0 Å². The second kappa shape index (κ2) is 4.59. The van der Waals surface area contributed by atoms with Crippen LogP contribution in [0.1, 0.15) is 0 Å². The summed E-state index contributed by atoms with van der Waals surface area (Å²) in [6, 6.07) is 5.77. The van der Waals surface area contributed by atoms with Crippen molar-refractivity contribution in [3.05, 3.63) is 34.5 Å². The van der Waals surface area contributed by atoms with E-state index in [1.54, 1.807) is 0 Å². The molecule has 0 atom stereocenters. The third-order valence-corrected chi connectivity index (χ3v) is 3.28. The maximum Gasteiger partial charge on any atom is 0.204 e. The first-order valence-electron chi connectivity index (χ1n) is 6.10. The number of hydrogen-bond acceptors (Lipinski definition) is 6. The Morgan fingerprint density at radius 2 is 1.86 bits per heavy atom. The van der Waals surface area contributed by atoms with E-state index in [0.29, 0.717) is 5.75 Å². The van der Waals surface area contributed by atoms with Crippen molar-refractivity contribution in [3.8, 4) is 23.0 Å². The van der Waals surface area contributed by atoms with Crippen LogP contribution in [0.15, 0.2) is 33.5 Å². The Balaban J connectivity index is 2.53. The van der Waals surface area contributed by atoms with Crippen LogP contribution in [0.3, 0.4) is 0 Å². The number of aromatic hydroxyl groups is 2. The van der Waals surface area contributed by atoms with Gasteiger partial charge in [0.15, 0.2) is 22.8 Å². The van der Waals surface area contributed by atoms with Gasteiger partial charge in [-0.1, -0.05) is 0 Å². The smallest absolute Gasteiger partial charge is 0.204 e. The predicted octanol–water partition coefficient (Wildman–Crippen LogP) is 2.37. The molecule has 0 aliphatic carbocycles. The minimum absolute atomic E-state index is 0.00509. The number of methoxy groups -OCH3 is 2. The van der Waals surface area contributed by atoms with Crippen molar-refractivity contribution in [1.29, 1.82) is 0 Å². The molecule has 0 bridgehead atoms. The molecule has 21 heavy (non-hydrogen) atoms. The summed E-state index contributed by atoms with van der Waals surface area (Å²) in [6.07, 6.45) is 0. The van der Waals surface area contributed by atoms with E-state index >= 15 is 0 Å². The summed E-state index contributed by atoms with van der Waals surface area (Å²) in [5, 5.41) is 20.2. The number of benzene rings is 2. The highest BCUT2D eigenvalue weighted by molar-refractivity contribution is 5.96. The summed E-state index contributed by atoms with van der Waals surface area (Å²) >= 11 is 0. The summed E-state index contributed by atoms with van der Waals surface area (Å²) in [5.74, 6) is -0.0260. The molecule has 108 valence electrons. The molecule has 6 heteroatoms. The Bertz CT molecular complexity index is 910. The molecule has 6 nitrogen and oxygen atoms in total. The van der Waals surface area contributed by atoms with Gasteiger partial charge in [0.25, 0.3) is 0 Å². The van der Waals surface area contributed by atoms with Gasteiger partial charge in [0, 0.05) is 6.07 Å². The fourth-order valence-electron chi connectivity index (χ4n) is 2.25. The quantitative estimate of drug-likeness (QED) is 0.704. The van der Waals surface area contributed by atoms with Gasteiger partial charge in [-0.2, -0.15) is 0 Å². The zero-order chi connectivity index (χ0) is 15.1. The first-order chi connectivity index (χ1) is 10.1. The van der Waals surface area contributed by atoms with Crippen LogP contribution in [-0.4, -0.2) is 24.4 Å². The summed E-state index contributed by atoms with van der Waals surface area (Å²) in [4.78, 5) is 12.6. The topological polar surface area (TPSA) is 89.1 Å². The van der Waals surface area contributed by atoms with Crippen LogP contribution >= 0.6 is 0 Å². The Labute approximate surface area is 118 Å². The Morgan fingerprint density at radius 3 is 2.52 bits per heavy atom. The van der Waals surface area contributed by atoms with Gasteiger partial charge in [0.05, 0.1) is 19.6 Å². The van der Waals surface area contributed by atoms with Gasteiger partial charge in [0.2, 0.25) is 5.43 Å². The van der Waals surface area contributed by atoms with Gasteiger partial charge in [-0.15, -0.1) is 0 Å². The summed E-state index contributed by atoms with van der Waals surface area (Å²) < 4.78 is 15.5. The number of phenols is 2. The van der Waals surface area contributed by atoms with Gasteiger partial charge in [0.1, 0.15) is 16.7 Å². The number of rotatable bonds is 2. The van der Waals surface area contributed by atoms with Crippen LogP contribution in [0.5, 0.6) is 23.0 Å². The van der Waals surface area contributed by atoms with Crippen LogP contribution in [0.25, 0.3) is 21.9 Å². The minimum Gasteiger partial charge on any atom is -0.504 e. The second-order valence-corrected chi connectivity index (χ2v) is 4.44. The number of phenolic OH excluding ortho intramolecular Hbond substituents is 2. The van der Waals surface area contributed by atoms with Crippen molar-refractivity contribution < 1.29 is 24.1 Å². The highest BCUT2D eigenvalue weighted by atomic mass is 16.5. The van der Waals surface area contributed by atoms with E-state index in [2.05, 4.69) is 0 Å². The monoisotopic (exact) mass is 288 g/mol. The Hall–Kier alpha value is -2.89. The molecule has 1 aromatic heterocycles. The second-order valence-electron chi connectivity index (χ2n) is 4.44. The third-order valence-electron chi connectivity index (χ3n) is 3.28. The lowest BCUT2D eigenvalue weighted by Gasteiger charge is -2.08. The highest BCUT2D eigenvalue weighted by Crippen LogP contribution is 2.36. The van der Waals surface area contributed by atoms with Crippen molar-refractivity contribution in [3.63, 3.8) is 0 Å². The standard InChI is InChI=1S/C15H12O6/c1-19-7-5-8-13(17)12-10(21-15(8)9(16)6-7)3-4-11(20-2)14(12)18/h3-6,16,18H,1-2H3. The maximum atomic E-state index is 12.6. The molecule has 2 aromatic carbocycles. The molecule has 0 saturated heterocycles. The molecule has 0 radical (unpaired) electrons. The van der Waals surface area contributed by atoms with Crippen molar-refractivity contribution >= 4 is 21.9 Å². The molecule has 3 rings (SSSR count). The molecule has 0 aliphatic heterocycles. The number of hydrogen-bond donors (Lipinski definition) is 2. The van der Waals surface area contributed by atoms with E-state index in [-0.39, 0.29) is 39.2 Å². The lowest BCUT2D eigenvalue weighted by atomic mass is 10.1. The molecule has 1 heterocycles. The van der Waals surface area contributed by atoms with E-state index in [0.717, 1.165) is 0 Å². The SMILES string of the molecule is COc1cc(O)c2oc3ccc(OC)c(O)c3c(=O)c2c1. The van der Waals surface area contributed by atoms with Gasteiger partial charge < -0.3 is 24.1 Å². The molecule has 0 unspecified atom stereocenters. The largest absolute Gasteiger partial charge is 0.504 e. The molecular formula is C15H12O6. The van der Waals surface area contributed by atoms with Crippen LogP contribution in [-0.2, 0) is 0 Å². The van der Waals surface area contributed by atoms with Crippen LogP contribution in [0.2, 0.25) is 0 Å². The molecule has 0 amide bonds. The van der Waals surface area contributed by atoms with Gasteiger partial charge in [-0.3, -0.25) is 4.79 Å². The molecule has 2 N–H and O–H groups in total. The summed E-state index contributed by atoms with van der Waals surface area (Å²) in [6.45, 7) is 0. The van der Waals surface area contributed by atoms with Crippen molar-refractivity contribution in [1.82, 2.24) is 0 Å². The van der Waals surface area contributed by atoms with Gasteiger partial charge >= 0.3 is 0 Å². The molecule has 0 saturated carbocycles. The predicted molar refractivity (Wildman–Crippen MR) is 76.4 cm³/mol. The Morgan fingerprint density at radius 1 is 1.10 bits per heavy atom. The first kappa shape index (κ1) is 13.1. The van der Waals surface area contributed by atoms with E-state index in [9.17, 15) is 15.0 Å². The minimum atomic E-state index is -0.475.